The zero-order chi connectivity index (χ0) is 16.0. The van der Waals surface area contributed by atoms with E-state index in [-0.39, 0.29) is 11.5 Å². The van der Waals surface area contributed by atoms with Gasteiger partial charge in [0.25, 0.3) is 0 Å². The molecule has 0 bridgehead atoms. The van der Waals surface area contributed by atoms with Crippen molar-refractivity contribution in [2.24, 2.45) is 0 Å². The van der Waals surface area contributed by atoms with Crippen molar-refractivity contribution in [1.29, 1.82) is 0 Å². The second-order valence-corrected chi connectivity index (χ2v) is 6.49. The van der Waals surface area contributed by atoms with Crippen LogP contribution in [0.2, 0.25) is 0 Å². The van der Waals surface area contributed by atoms with Crippen LogP contribution in [-0.4, -0.2) is 33.9 Å². The van der Waals surface area contributed by atoms with Gasteiger partial charge in [0.2, 0.25) is 5.85 Å². The summed E-state index contributed by atoms with van der Waals surface area (Å²) in [7, 11) is -4.18. The van der Waals surface area contributed by atoms with Crippen LogP contribution in [0.4, 0.5) is 0 Å². The van der Waals surface area contributed by atoms with E-state index in [1.54, 1.807) is 60.7 Å². The monoisotopic (exact) mass is 324 g/mol. The fourth-order valence-electron chi connectivity index (χ4n) is 1.69. The van der Waals surface area contributed by atoms with Crippen LogP contribution in [0.15, 0.2) is 60.7 Å². The molecule has 0 aliphatic carbocycles. The lowest BCUT2D eigenvalue weighted by Gasteiger charge is -2.26. The molecule has 2 aromatic carbocycles. The first-order valence-electron chi connectivity index (χ1n) is 6.61. The van der Waals surface area contributed by atoms with E-state index < -0.39 is 26.2 Å². The highest BCUT2D eigenvalue weighted by atomic mass is 31.2. The Balaban J connectivity index is 2.29. The minimum Gasteiger partial charge on any atom is -0.414 e. The Morgan fingerprint density at radius 3 is 1.64 bits per heavy atom. The fourth-order valence-corrected chi connectivity index (χ4v) is 3.29. The van der Waals surface area contributed by atoms with E-state index in [1.165, 1.54) is 0 Å². The molecule has 0 aliphatic rings. The molecule has 0 aliphatic heterocycles. The Kier molecular flexibility index (Phi) is 5.57. The van der Waals surface area contributed by atoms with E-state index in [0.717, 1.165) is 0 Å². The third-order valence-electron chi connectivity index (χ3n) is 2.81. The largest absolute Gasteiger partial charge is 0.461 e. The highest BCUT2D eigenvalue weighted by molar-refractivity contribution is 7.55. The van der Waals surface area contributed by atoms with Gasteiger partial charge in [0, 0.05) is 0 Å². The smallest absolute Gasteiger partial charge is 0.414 e. The Bertz CT molecular complexity index is 573. The summed E-state index contributed by atoms with van der Waals surface area (Å²) < 4.78 is 23.5. The van der Waals surface area contributed by atoms with Gasteiger partial charge in [0.15, 0.2) is 0 Å². The molecular weight excluding hydrogens is 307 g/mol. The average molecular weight is 324 g/mol. The SMILES string of the molecule is O=P(Oc1ccccc1)(Oc1ccccc1)C(O)C(O)CO. The van der Waals surface area contributed by atoms with Gasteiger partial charge in [0.1, 0.15) is 17.6 Å². The number of hydrogen-bond acceptors (Lipinski definition) is 6. The van der Waals surface area contributed by atoms with Gasteiger partial charge in [0.05, 0.1) is 6.61 Å². The predicted octanol–water partition coefficient (Wildman–Crippen LogP) is 2.01. The third-order valence-corrected chi connectivity index (χ3v) is 4.73. The Morgan fingerprint density at radius 2 is 1.27 bits per heavy atom. The first kappa shape index (κ1) is 16.5. The molecule has 0 fully saturated rings. The first-order chi connectivity index (χ1) is 10.5. The number of aliphatic hydroxyl groups is 3. The maximum Gasteiger partial charge on any atom is 0.461 e. The molecule has 2 aromatic rings. The molecule has 0 saturated heterocycles. The number of hydrogen-bond donors (Lipinski definition) is 3. The van der Waals surface area contributed by atoms with E-state index in [2.05, 4.69) is 0 Å². The van der Waals surface area contributed by atoms with Crippen LogP contribution in [0, 0.1) is 0 Å². The van der Waals surface area contributed by atoms with Crippen molar-refractivity contribution in [2.45, 2.75) is 11.9 Å². The zero-order valence-corrected chi connectivity index (χ0v) is 12.5. The van der Waals surface area contributed by atoms with Crippen molar-refractivity contribution in [1.82, 2.24) is 0 Å². The summed E-state index contributed by atoms with van der Waals surface area (Å²) in [5, 5.41) is 28.6. The lowest BCUT2D eigenvalue weighted by atomic mass is 10.3. The maximum atomic E-state index is 12.9. The molecule has 3 N–H and O–H groups in total. The minimum absolute atomic E-state index is 0.214. The Hall–Kier alpha value is -1.85. The van der Waals surface area contributed by atoms with Crippen molar-refractivity contribution in [3.63, 3.8) is 0 Å². The highest BCUT2D eigenvalue weighted by Crippen LogP contribution is 2.52. The molecule has 22 heavy (non-hydrogen) atoms. The van der Waals surface area contributed by atoms with E-state index in [0.29, 0.717) is 0 Å². The molecule has 0 aromatic heterocycles. The molecule has 6 nitrogen and oxygen atoms in total. The molecule has 0 radical (unpaired) electrons. The Morgan fingerprint density at radius 1 is 0.864 bits per heavy atom. The summed E-state index contributed by atoms with van der Waals surface area (Å²) in [5.74, 6) is -1.46. The fraction of sp³-hybridized carbons (Fsp3) is 0.200. The van der Waals surface area contributed by atoms with Crippen molar-refractivity contribution in [3.05, 3.63) is 60.7 Å². The molecule has 0 spiro atoms. The number of benzene rings is 2. The number of rotatable bonds is 7. The Labute approximate surface area is 128 Å². The molecule has 7 heteroatoms. The van der Waals surface area contributed by atoms with Gasteiger partial charge in [-0.3, -0.25) is 0 Å². The number of para-hydroxylation sites is 2. The molecule has 2 rings (SSSR count). The summed E-state index contributed by atoms with van der Waals surface area (Å²) in [6.07, 6.45) is -1.65. The molecule has 2 unspecified atom stereocenters. The standard InChI is InChI=1S/C15H17O6P/c16-11-14(17)15(18)22(19,20-12-7-3-1-4-8-12)21-13-9-5-2-6-10-13/h1-10,14-18H,11H2. The highest BCUT2D eigenvalue weighted by Gasteiger charge is 2.42. The summed E-state index contributed by atoms with van der Waals surface area (Å²) in [6, 6.07) is 16.3. The van der Waals surface area contributed by atoms with Crippen LogP contribution in [0.25, 0.3) is 0 Å². The van der Waals surface area contributed by atoms with E-state index in [9.17, 15) is 14.8 Å². The third kappa shape index (κ3) is 4.08. The van der Waals surface area contributed by atoms with Crippen LogP contribution in [0.1, 0.15) is 0 Å². The van der Waals surface area contributed by atoms with Crippen molar-refractivity contribution >= 4 is 7.60 Å². The lowest BCUT2D eigenvalue weighted by molar-refractivity contribution is 0.0147. The summed E-state index contributed by atoms with van der Waals surface area (Å²) in [5.41, 5.74) is 0. The van der Waals surface area contributed by atoms with E-state index in [4.69, 9.17) is 14.2 Å². The second kappa shape index (κ2) is 7.42. The molecule has 118 valence electrons. The van der Waals surface area contributed by atoms with E-state index >= 15 is 0 Å². The van der Waals surface area contributed by atoms with Gasteiger partial charge >= 0.3 is 7.60 Å². The van der Waals surface area contributed by atoms with Crippen molar-refractivity contribution < 1.29 is 28.9 Å². The van der Waals surface area contributed by atoms with Gasteiger partial charge < -0.3 is 24.4 Å². The average Bonchev–Trinajstić information content (AvgIpc) is 2.55. The van der Waals surface area contributed by atoms with Gasteiger partial charge in [-0.2, -0.15) is 0 Å². The van der Waals surface area contributed by atoms with E-state index in [1.807, 2.05) is 0 Å². The molecule has 0 saturated carbocycles. The van der Waals surface area contributed by atoms with Gasteiger partial charge in [-0.05, 0) is 24.3 Å². The first-order valence-corrected chi connectivity index (χ1v) is 8.22. The second-order valence-electron chi connectivity index (χ2n) is 4.51. The summed E-state index contributed by atoms with van der Waals surface area (Å²) >= 11 is 0. The van der Waals surface area contributed by atoms with Crippen LogP contribution in [0.5, 0.6) is 11.5 Å². The van der Waals surface area contributed by atoms with Gasteiger partial charge in [-0.1, -0.05) is 36.4 Å². The van der Waals surface area contributed by atoms with Crippen molar-refractivity contribution in [2.75, 3.05) is 6.61 Å². The van der Waals surface area contributed by atoms with Gasteiger partial charge in [-0.25, -0.2) is 4.57 Å². The summed E-state index contributed by atoms with van der Waals surface area (Å²) in [4.78, 5) is 0. The minimum atomic E-state index is -4.18. The van der Waals surface area contributed by atoms with Crippen LogP contribution in [-0.2, 0) is 4.57 Å². The maximum absolute atomic E-state index is 12.9. The molecule has 0 amide bonds. The molecule has 0 heterocycles. The molecular formula is C15H17O6P. The number of aliphatic hydroxyl groups excluding tert-OH is 3. The van der Waals surface area contributed by atoms with Crippen LogP contribution < -0.4 is 9.05 Å². The topological polar surface area (TPSA) is 96.2 Å². The van der Waals surface area contributed by atoms with Crippen LogP contribution >= 0.6 is 7.60 Å². The molecule has 2 atom stereocenters. The predicted molar refractivity (Wildman–Crippen MR) is 80.8 cm³/mol. The summed E-state index contributed by atoms with van der Waals surface area (Å²) in [6.45, 7) is -0.776. The lowest BCUT2D eigenvalue weighted by Crippen LogP contribution is -2.32. The van der Waals surface area contributed by atoms with Gasteiger partial charge in [-0.15, -0.1) is 0 Å². The van der Waals surface area contributed by atoms with Crippen molar-refractivity contribution in [3.8, 4) is 11.5 Å². The quantitative estimate of drug-likeness (QED) is 0.674. The van der Waals surface area contributed by atoms with Crippen LogP contribution in [0.3, 0.4) is 0 Å². The zero-order valence-electron chi connectivity index (χ0n) is 11.6. The normalized spacial score (nSPS) is 14.1.